The van der Waals surface area contributed by atoms with Gasteiger partial charge in [0.05, 0.1) is 41.0 Å². The zero-order valence-corrected chi connectivity index (χ0v) is 26.6. The maximum absolute atomic E-state index is 13.1. The van der Waals surface area contributed by atoms with Crippen LogP contribution >= 0.6 is 0 Å². The summed E-state index contributed by atoms with van der Waals surface area (Å²) < 4.78 is 19.9. The Hall–Kier alpha value is -6.38. The van der Waals surface area contributed by atoms with E-state index in [1.165, 1.54) is 67.6 Å². The van der Waals surface area contributed by atoms with Crippen molar-refractivity contribution in [3.8, 4) is 0 Å². The summed E-state index contributed by atoms with van der Waals surface area (Å²) in [5.74, 6) is -6.12. The highest BCUT2D eigenvalue weighted by molar-refractivity contribution is 6.23. The third-order valence-corrected chi connectivity index (χ3v) is 6.92. The molecule has 0 bridgehead atoms. The van der Waals surface area contributed by atoms with E-state index in [-0.39, 0.29) is 35.5 Å². The molecule has 4 rings (SSSR count). The van der Waals surface area contributed by atoms with Crippen LogP contribution in [0.4, 0.5) is 11.4 Å². The highest BCUT2D eigenvalue weighted by atomic mass is 16.5. The fourth-order valence-corrected chi connectivity index (χ4v) is 4.52. The molecule has 0 spiro atoms. The molecule has 0 radical (unpaired) electrons. The summed E-state index contributed by atoms with van der Waals surface area (Å²) in [6, 6.07) is 13.8. The standard InChI is InChI=1S/C34H31N3O12/c1-4-46-32(43)20-6-11-23(12-7-20)35-27(38)17-48-31(42)19(3)37-29(40)25-15-10-22(16-26(25)30(37)41)34(45)49-18-28(39)36-24-13-8-21(9-14-24)33(44)47-5-2/h6-16,19H,4-5,17-18H2,1-3H3,(H,35,38)(H,36,39). The van der Waals surface area contributed by atoms with Crippen LogP contribution in [0.3, 0.4) is 0 Å². The molecular weight excluding hydrogens is 642 g/mol. The minimum atomic E-state index is -1.42. The van der Waals surface area contributed by atoms with Gasteiger partial charge in [0, 0.05) is 11.4 Å². The Morgan fingerprint density at radius 1 is 0.592 bits per heavy atom. The summed E-state index contributed by atoms with van der Waals surface area (Å²) >= 11 is 0. The van der Waals surface area contributed by atoms with Crippen molar-refractivity contribution in [1.29, 1.82) is 0 Å². The van der Waals surface area contributed by atoms with Gasteiger partial charge in [-0.1, -0.05) is 0 Å². The van der Waals surface area contributed by atoms with E-state index in [4.69, 9.17) is 18.9 Å². The molecule has 0 aromatic heterocycles. The average Bonchev–Trinajstić information content (AvgIpc) is 3.34. The van der Waals surface area contributed by atoms with Gasteiger partial charge in [-0.25, -0.2) is 19.2 Å². The number of fused-ring (bicyclic) bond motifs is 1. The lowest BCUT2D eigenvalue weighted by Crippen LogP contribution is -2.44. The van der Waals surface area contributed by atoms with E-state index < -0.39 is 66.8 Å². The van der Waals surface area contributed by atoms with Gasteiger partial charge in [-0.05, 0) is 87.5 Å². The second-order valence-electron chi connectivity index (χ2n) is 10.3. The number of benzene rings is 3. The van der Waals surface area contributed by atoms with Gasteiger partial charge in [-0.2, -0.15) is 0 Å². The van der Waals surface area contributed by atoms with Crippen LogP contribution in [0.15, 0.2) is 66.7 Å². The van der Waals surface area contributed by atoms with E-state index in [1.807, 2.05) is 0 Å². The second kappa shape index (κ2) is 15.9. The lowest BCUT2D eigenvalue weighted by molar-refractivity contribution is -0.150. The van der Waals surface area contributed by atoms with E-state index in [0.29, 0.717) is 21.8 Å². The molecule has 2 N–H and O–H groups in total. The Bertz CT molecular complexity index is 1800. The fraction of sp³-hybridized carbons (Fsp3) is 0.235. The first kappa shape index (κ1) is 35.5. The number of ether oxygens (including phenoxy) is 4. The molecule has 0 saturated carbocycles. The van der Waals surface area contributed by atoms with E-state index in [0.717, 1.165) is 6.07 Å². The average molecular weight is 674 g/mol. The molecule has 15 nitrogen and oxygen atoms in total. The predicted octanol–water partition coefficient (Wildman–Crippen LogP) is 3.00. The maximum atomic E-state index is 13.1. The molecule has 3 aromatic rings. The second-order valence-corrected chi connectivity index (χ2v) is 10.3. The zero-order chi connectivity index (χ0) is 35.7. The number of hydrogen-bond acceptors (Lipinski definition) is 12. The molecular formula is C34H31N3O12. The van der Waals surface area contributed by atoms with Crippen LogP contribution in [-0.2, 0) is 33.3 Å². The minimum absolute atomic E-state index is 0.0748. The Morgan fingerprint density at radius 3 is 1.51 bits per heavy atom. The summed E-state index contributed by atoms with van der Waals surface area (Å²) in [4.78, 5) is 100. The van der Waals surface area contributed by atoms with Gasteiger partial charge in [0.1, 0.15) is 6.04 Å². The number of carbonyl (C=O) groups excluding carboxylic acids is 8. The summed E-state index contributed by atoms with van der Waals surface area (Å²) in [6.45, 7) is 3.61. The first-order valence-corrected chi connectivity index (χ1v) is 14.9. The number of nitrogens with zero attached hydrogens (tertiary/aromatic N) is 1. The quantitative estimate of drug-likeness (QED) is 0.153. The van der Waals surface area contributed by atoms with E-state index in [2.05, 4.69) is 10.6 Å². The predicted molar refractivity (Wildman–Crippen MR) is 170 cm³/mol. The summed E-state index contributed by atoms with van der Waals surface area (Å²) in [5, 5.41) is 5.00. The molecule has 0 saturated heterocycles. The number of amides is 4. The molecule has 15 heteroatoms. The molecule has 1 aliphatic heterocycles. The molecule has 1 atom stereocenters. The summed E-state index contributed by atoms with van der Waals surface area (Å²) in [5.41, 5.74) is 0.857. The third kappa shape index (κ3) is 8.71. The highest BCUT2D eigenvalue weighted by Crippen LogP contribution is 2.26. The van der Waals surface area contributed by atoms with Crippen LogP contribution in [-0.4, -0.2) is 84.9 Å². The molecule has 0 fully saturated rings. The molecule has 49 heavy (non-hydrogen) atoms. The van der Waals surface area contributed by atoms with E-state index in [9.17, 15) is 38.4 Å². The summed E-state index contributed by atoms with van der Waals surface area (Å²) in [7, 11) is 0. The van der Waals surface area contributed by atoms with Crippen molar-refractivity contribution < 1.29 is 57.3 Å². The van der Waals surface area contributed by atoms with Crippen LogP contribution in [0, 0.1) is 0 Å². The van der Waals surface area contributed by atoms with Gasteiger partial charge in [0.2, 0.25) is 0 Å². The maximum Gasteiger partial charge on any atom is 0.338 e. The Kier molecular flexibility index (Phi) is 11.5. The first-order valence-electron chi connectivity index (χ1n) is 14.9. The number of esters is 4. The molecule has 254 valence electrons. The van der Waals surface area contributed by atoms with Crippen molar-refractivity contribution >= 4 is 58.9 Å². The Morgan fingerprint density at radius 2 is 1.02 bits per heavy atom. The summed E-state index contributed by atoms with van der Waals surface area (Å²) in [6.07, 6.45) is 0. The van der Waals surface area contributed by atoms with Crippen molar-refractivity contribution in [1.82, 2.24) is 4.90 Å². The lowest BCUT2D eigenvalue weighted by Gasteiger charge is -2.20. The van der Waals surface area contributed by atoms with Crippen molar-refractivity contribution in [2.45, 2.75) is 26.8 Å². The highest BCUT2D eigenvalue weighted by Gasteiger charge is 2.42. The van der Waals surface area contributed by atoms with Gasteiger partial charge in [-0.3, -0.25) is 24.1 Å². The fourth-order valence-electron chi connectivity index (χ4n) is 4.52. The molecule has 1 heterocycles. The first-order chi connectivity index (χ1) is 23.4. The molecule has 3 aromatic carbocycles. The number of rotatable bonds is 13. The number of hydrogen-bond donors (Lipinski definition) is 2. The van der Waals surface area contributed by atoms with Crippen LogP contribution in [0.2, 0.25) is 0 Å². The van der Waals surface area contributed by atoms with Crippen molar-refractivity contribution in [2.24, 2.45) is 0 Å². The van der Waals surface area contributed by atoms with Gasteiger partial charge in [-0.15, -0.1) is 0 Å². The van der Waals surface area contributed by atoms with Crippen LogP contribution < -0.4 is 10.6 Å². The Balaban J connectivity index is 1.28. The number of carbonyl (C=O) groups is 8. The number of nitrogens with one attached hydrogen (secondary N) is 2. The van der Waals surface area contributed by atoms with Crippen molar-refractivity contribution in [3.63, 3.8) is 0 Å². The van der Waals surface area contributed by atoms with Crippen LogP contribution in [0.5, 0.6) is 0 Å². The van der Waals surface area contributed by atoms with Gasteiger partial charge < -0.3 is 29.6 Å². The normalized spacial score (nSPS) is 12.3. The topological polar surface area (TPSA) is 201 Å². The minimum Gasteiger partial charge on any atom is -0.462 e. The third-order valence-electron chi connectivity index (χ3n) is 6.92. The van der Waals surface area contributed by atoms with E-state index >= 15 is 0 Å². The Labute approximate surface area is 279 Å². The van der Waals surface area contributed by atoms with Crippen molar-refractivity contribution in [2.75, 3.05) is 37.1 Å². The molecule has 0 aliphatic carbocycles. The van der Waals surface area contributed by atoms with E-state index in [1.54, 1.807) is 13.8 Å². The SMILES string of the molecule is CCOC(=O)c1ccc(NC(=O)COC(=O)c2ccc3c(c2)C(=O)N(C(C)C(=O)OCC(=O)Nc2ccc(C(=O)OCC)cc2)C3=O)cc1. The molecule has 4 amide bonds. The largest absolute Gasteiger partial charge is 0.462 e. The van der Waals surface area contributed by atoms with Crippen molar-refractivity contribution in [3.05, 3.63) is 94.5 Å². The number of imide groups is 1. The number of anilines is 2. The molecule has 1 aliphatic rings. The molecule has 1 unspecified atom stereocenters. The van der Waals surface area contributed by atoms with Crippen LogP contribution in [0.25, 0.3) is 0 Å². The smallest absolute Gasteiger partial charge is 0.338 e. The monoisotopic (exact) mass is 673 g/mol. The van der Waals surface area contributed by atoms with Gasteiger partial charge in [0.25, 0.3) is 23.6 Å². The zero-order valence-electron chi connectivity index (χ0n) is 26.6. The van der Waals surface area contributed by atoms with Crippen LogP contribution in [0.1, 0.15) is 72.6 Å². The van der Waals surface area contributed by atoms with Gasteiger partial charge in [0.15, 0.2) is 13.2 Å². The van der Waals surface area contributed by atoms with Gasteiger partial charge >= 0.3 is 23.9 Å². The lowest BCUT2D eigenvalue weighted by atomic mass is 10.1.